The lowest BCUT2D eigenvalue weighted by atomic mass is 10.2. The summed E-state index contributed by atoms with van der Waals surface area (Å²) in [7, 11) is 0. The van der Waals surface area contributed by atoms with Crippen LogP contribution in [0.3, 0.4) is 0 Å². The van der Waals surface area contributed by atoms with E-state index in [4.69, 9.17) is 4.42 Å². The molecule has 26 heavy (non-hydrogen) atoms. The number of allylic oxidation sites excluding steroid dienone is 1. The van der Waals surface area contributed by atoms with Gasteiger partial charge in [-0.2, -0.15) is 0 Å². The number of rotatable bonds is 7. The van der Waals surface area contributed by atoms with Crippen LogP contribution in [-0.2, 0) is 12.3 Å². The van der Waals surface area contributed by atoms with Gasteiger partial charge in [0.15, 0.2) is 21.7 Å². The SMILES string of the molecule is C=CCn1c(SCc2csc(-c3ccco3)n2)nnc1-c1ccccc1. The zero-order valence-corrected chi connectivity index (χ0v) is 15.5. The monoisotopic (exact) mass is 380 g/mol. The van der Waals surface area contributed by atoms with E-state index in [1.807, 2.05) is 48.5 Å². The summed E-state index contributed by atoms with van der Waals surface area (Å²) in [6.45, 7) is 4.52. The van der Waals surface area contributed by atoms with Gasteiger partial charge in [0, 0.05) is 23.2 Å². The van der Waals surface area contributed by atoms with Gasteiger partial charge in [-0.05, 0) is 12.1 Å². The molecule has 0 saturated carbocycles. The number of thioether (sulfide) groups is 1. The highest BCUT2D eigenvalue weighted by atomic mass is 32.2. The lowest BCUT2D eigenvalue weighted by Crippen LogP contribution is -2.00. The number of hydrogen-bond acceptors (Lipinski definition) is 6. The lowest BCUT2D eigenvalue weighted by Gasteiger charge is -2.07. The molecule has 3 heterocycles. The van der Waals surface area contributed by atoms with E-state index < -0.39 is 0 Å². The van der Waals surface area contributed by atoms with E-state index in [9.17, 15) is 0 Å². The Morgan fingerprint density at radius 1 is 1.15 bits per heavy atom. The van der Waals surface area contributed by atoms with Gasteiger partial charge in [-0.3, -0.25) is 4.57 Å². The largest absolute Gasteiger partial charge is 0.462 e. The predicted octanol–water partition coefficient (Wildman–Crippen LogP) is 5.14. The summed E-state index contributed by atoms with van der Waals surface area (Å²) in [6, 6.07) is 13.9. The molecule has 4 rings (SSSR count). The maximum absolute atomic E-state index is 5.40. The molecule has 0 N–H and O–H groups in total. The first kappa shape index (κ1) is 16.8. The summed E-state index contributed by atoms with van der Waals surface area (Å²) in [6.07, 6.45) is 3.52. The normalized spacial score (nSPS) is 10.9. The molecule has 0 fully saturated rings. The summed E-state index contributed by atoms with van der Waals surface area (Å²) in [5, 5.41) is 12.5. The molecule has 0 aliphatic rings. The second-order valence-corrected chi connectivity index (χ2v) is 7.28. The van der Waals surface area contributed by atoms with Gasteiger partial charge >= 0.3 is 0 Å². The van der Waals surface area contributed by atoms with Crippen LogP contribution in [-0.4, -0.2) is 19.7 Å². The summed E-state index contributed by atoms with van der Waals surface area (Å²) >= 11 is 3.20. The molecule has 0 radical (unpaired) electrons. The van der Waals surface area contributed by atoms with Crippen LogP contribution >= 0.6 is 23.1 Å². The maximum atomic E-state index is 5.40. The molecule has 130 valence electrons. The molecule has 0 spiro atoms. The van der Waals surface area contributed by atoms with Crippen molar-refractivity contribution in [2.75, 3.05) is 0 Å². The standard InChI is InChI=1S/C19H16N4OS2/c1-2-10-23-17(14-7-4-3-5-8-14)21-22-19(23)26-13-15-12-25-18(20-15)16-9-6-11-24-16/h2-9,11-12H,1,10,13H2. The highest BCUT2D eigenvalue weighted by molar-refractivity contribution is 7.98. The Morgan fingerprint density at radius 3 is 2.81 bits per heavy atom. The summed E-state index contributed by atoms with van der Waals surface area (Å²) < 4.78 is 7.48. The van der Waals surface area contributed by atoms with Crippen molar-refractivity contribution < 1.29 is 4.42 Å². The Balaban J connectivity index is 1.53. The van der Waals surface area contributed by atoms with Gasteiger partial charge in [0.05, 0.1) is 12.0 Å². The fourth-order valence-corrected chi connectivity index (χ4v) is 4.25. The van der Waals surface area contributed by atoms with Crippen LogP contribution in [0.1, 0.15) is 5.69 Å². The molecule has 3 aromatic heterocycles. The van der Waals surface area contributed by atoms with E-state index >= 15 is 0 Å². The van der Waals surface area contributed by atoms with Gasteiger partial charge in [-0.15, -0.1) is 28.1 Å². The number of nitrogens with zero attached hydrogens (tertiary/aromatic N) is 4. The molecule has 0 aliphatic heterocycles. The first-order chi connectivity index (χ1) is 12.8. The molecule has 0 amide bonds. The van der Waals surface area contributed by atoms with Gasteiger partial charge in [-0.1, -0.05) is 48.2 Å². The number of thiazole rings is 1. The van der Waals surface area contributed by atoms with Gasteiger partial charge in [-0.25, -0.2) is 4.98 Å². The van der Waals surface area contributed by atoms with E-state index in [2.05, 4.69) is 31.7 Å². The van der Waals surface area contributed by atoms with Crippen molar-refractivity contribution in [2.45, 2.75) is 17.5 Å². The maximum Gasteiger partial charge on any atom is 0.192 e. The van der Waals surface area contributed by atoms with Crippen molar-refractivity contribution in [3.63, 3.8) is 0 Å². The average molecular weight is 380 g/mol. The number of furan rings is 1. The molecule has 1 aromatic carbocycles. The highest BCUT2D eigenvalue weighted by Crippen LogP contribution is 2.29. The molecule has 0 unspecified atom stereocenters. The summed E-state index contributed by atoms with van der Waals surface area (Å²) in [4.78, 5) is 4.63. The Labute approximate surface area is 159 Å². The average Bonchev–Trinajstić information content (AvgIpc) is 3.42. The third-order valence-corrected chi connectivity index (χ3v) is 5.60. The van der Waals surface area contributed by atoms with Crippen LogP contribution < -0.4 is 0 Å². The zero-order chi connectivity index (χ0) is 17.8. The van der Waals surface area contributed by atoms with Crippen LogP contribution in [0.15, 0.2) is 76.3 Å². The molecular formula is C19H16N4OS2. The topological polar surface area (TPSA) is 56.7 Å². The quantitative estimate of drug-likeness (QED) is 0.328. The Kier molecular flexibility index (Phi) is 4.99. The van der Waals surface area contributed by atoms with Crippen molar-refractivity contribution in [3.05, 3.63) is 72.5 Å². The van der Waals surface area contributed by atoms with E-state index in [0.717, 1.165) is 38.8 Å². The van der Waals surface area contributed by atoms with Crippen molar-refractivity contribution in [1.82, 2.24) is 19.7 Å². The van der Waals surface area contributed by atoms with Gasteiger partial charge in [0.25, 0.3) is 0 Å². The van der Waals surface area contributed by atoms with Crippen molar-refractivity contribution in [2.24, 2.45) is 0 Å². The van der Waals surface area contributed by atoms with E-state index in [-0.39, 0.29) is 0 Å². The second kappa shape index (κ2) is 7.72. The van der Waals surface area contributed by atoms with Crippen molar-refractivity contribution in [3.8, 4) is 22.2 Å². The molecule has 4 aromatic rings. The molecule has 5 nitrogen and oxygen atoms in total. The Bertz CT molecular complexity index is 990. The zero-order valence-electron chi connectivity index (χ0n) is 13.9. The Morgan fingerprint density at radius 2 is 2.04 bits per heavy atom. The molecule has 0 bridgehead atoms. The number of benzene rings is 1. The minimum absolute atomic E-state index is 0.661. The molecule has 0 aliphatic carbocycles. The van der Waals surface area contributed by atoms with Crippen LogP contribution in [0.25, 0.3) is 22.2 Å². The predicted molar refractivity (Wildman–Crippen MR) is 105 cm³/mol. The highest BCUT2D eigenvalue weighted by Gasteiger charge is 2.14. The number of hydrogen-bond donors (Lipinski definition) is 0. The third-order valence-electron chi connectivity index (χ3n) is 3.69. The molecule has 7 heteroatoms. The smallest absolute Gasteiger partial charge is 0.192 e. The van der Waals surface area contributed by atoms with Crippen LogP contribution in [0.2, 0.25) is 0 Å². The summed E-state index contributed by atoms with van der Waals surface area (Å²) in [5.41, 5.74) is 2.04. The molecule has 0 atom stereocenters. The van der Waals surface area contributed by atoms with E-state index in [1.54, 1.807) is 29.4 Å². The first-order valence-corrected chi connectivity index (χ1v) is 9.92. The van der Waals surface area contributed by atoms with Crippen molar-refractivity contribution in [1.29, 1.82) is 0 Å². The number of aromatic nitrogens is 4. The van der Waals surface area contributed by atoms with Gasteiger partial charge in [0.2, 0.25) is 0 Å². The van der Waals surface area contributed by atoms with E-state index in [0.29, 0.717) is 6.54 Å². The minimum Gasteiger partial charge on any atom is -0.462 e. The van der Waals surface area contributed by atoms with Crippen LogP contribution in [0.5, 0.6) is 0 Å². The fraction of sp³-hybridized carbons (Fsp3) is 0.105. The Hall–Kier alpha value is -2.64. The van der Waals surface area contributed by atoms with Crippen molar-refractivity contribution >= 4 is 23.1 Å². The fourth-order valence-electron chi connectivity index (χ4n) is 2.52. The third kappa shape index (κ3) is 3.49. The second-order valence-electron chi connectivity index (χ2n) is 5.48. The first-order valence-electron chi connectivity index (χ1n) is 8.06. The van der Waals surface area contributed by atoms with Gasteiger partial charge < -0.3 is 4.42 Å². The summed E-state index contributed by atoms with van der Waals surface area (Å²) in [5.74, 6) is 2.37. The minimum atomic E-state index is 0.661. The van der Waals surface area contributed by atoms with Crippen LogP contribution in [0, 0.1) is 0 Å². The molecule has 0 saturated heterocycles. The van der Waals surface area contributed by atoms with Gasteiger partial charge in [0.1, 0.15) is 0 Å². The van der Waals surface area contributed by atoms with Crippen LogP contribution in [0.4, 0.5) is 0 Å². The lowest BCUT2D eigenvalue weighted by molar-refractivity contribution is 0.581. The van der Waals surface area contributed by atoms with E-state index in [1.165, 1.54) is 0 Å². The molecular weight excluding hydrogens is 364 g/mol.